The van der Waals surface area contributed by atoms with Crippen LogP contribution in [-0.4, -0.2) is 67.1 Å². The third-order valence-electron chi connectivity index (χ3n) is 8.74. The molecule has 1 spiro atoms. The molecule has 3 saturated carbocycles. The van der Waals surface area contributed by atoms with Crippen LogP contribution in [0.15, 0.2) is 18.5 Å². The van der Waals surface area contributed by atoms with E-state index >= 15 is 0 Å². The number of rotatable bonds is 6. The van der Waals surface area contributed by atoms with Gasteiger partial charge >= 0.3 is 0 Å². The van der Waals surface area contributed by atoms with E-state index in [1.165, 1.54) is 30.9 Å². The molecule has 3 heterocycles. The molecule has 0 bridgehead atoms. The summed E-state index contributed by atoms with van der Waals surface area (Å²) >= 11 is 0. The third kappa shape index (κ3) is 3.43. The molecule has 2 amide bonds. The van der Waals surface area contributed by atoms with Crippen LogP contribution in [0.3, 0.4) is 0 Å². The number of aliphatic hydroxyl groups excluding tert-OH is 1. The number of amides is 2. The Morgan fingerprint density at radius 3 is 2.76 bits per heavy atom. The van der Waals surface area contributed by atoms with E-state index in [4.69, 9.17) is 0 Å². The lowest BCUT2D eigenvalue weighted by Gasteiger charge is -2.33. The molecule has 9 heteroatoms. The molecule has 6 rings (SSSR count). The number of hydrogen-bond acceptors (Lipinski definition) is 6. The molecule has 2 aromatic heterocycles. The van der Waals surface area contributed by atoms with Crippen molar-refractivity contribution >= 4 is 28.5 Å². The van der Waals surface area contributed by atoms with Gasteiger partial charge in [0.2, 0.25) is 11.8 Å². The van der Waals surface area contributed by atoms with Gasteiger partial charge in [0, 0.05) is 36.0 Å². The maximum Gasteiger partial charge on any atom is 0.245 e. The topological polar surface area (TPSA) is 117 Å². The number of aromatic nitrogens is 3. The Labute approximate surface area is 197 Å². The monoisotopic (exact) mass is 465 g/mol. The van der Waals surface area contributed by atoms with Crippen molar-refractivity contribution in [2.75, 3.05) is 6.61 Å². The first-order valence-corrected chi connectivity index (χ1v) is 12.4. The number of pyridine rings is 1. The highest BCUT2D eigenvalue weighted by molar-refractivity contribution is 6.04. The van der Waals surface area contributed by atoms with Crippen molar-refractivity contribution in [3.8, 4) is 0 Å². The summed E-state index contributed by atoms with van der Waals surface area (Å²) in [4.78, 5) is 44.8. The van der Waals surface area contributed by atoms with E-state index in [0.29, 0.717) is 34.9 Å². The Kier molecular flexibility index (Phi) is 4.85. The average molecular weight is 466 g/mol. The lowest BCUT2D eigenvalue weighted by Crippen LogP contribution is -2.52. The fourth-order valence-corrected chi connectivity index (χ4v) is 6.55. The van der Waals surface area contributed by atoms with Crippen molar-refractivity contribution in [3.05, 3.63) is 24.2 Å². The molecule has 1 aliphatic heterocycles. The normalized spacial score (nSPS) is 30.9. The number of Topliss-reactive ketones (excluding diaryl/α,β-unsaturated/α-hetero) is 1. The summed E-state index contributed by atoms with van der Waals surface area (Å²) in [7, 11) is 0. The minimum Gasteiger partial charge on any atom is -0.396 e. The molecule has 1 saturated heterocycles. The van der Waals surface area contributed by atoms with E-state index in [9.17, 15) is 19.5 Å². The Bertz CT molecular complexity index is 1190. The van der Waals surface area contributed by atoms with Crippen LogP contribution in [0.2, 0.25) is 0 Å². The molecule has 0 radical (unpaired) electrons. The molecule has 34 heavy (non-hydrogen) atoms. The van der Waals surface area contributed by atoms with E-state index in [-0.39, 0.29) is 48.2 Å². The van der Waals surface area contributed by atoms with E-state index in [1.54, 1.807) is 23.4 Å². The van der Waals surface area contributed by atoms with Gasteiger partial charge in [-0.05, 0) is 56.4 Å². The zero-order valence-corrected chi connectivity index (χ0v) is 19.5. The Morgan fingerprint density at radius 1 is 1.21 bits per heavy atom. The Balaban J connectivity index is 1.23. The van der Waals surface area contributed by atoms with Crippen LogP contribution in [0.5, 0.6) is 0 Å². The van der Waals surface area contributed by atoms with Crippen molar-refractivity contribution in [2.45, 2.75) is 83.0 Å². The highest BCUT2D eigenvalue weighted by Gasteiger charge is 2.67. The maximum absolute atomic E-state index is 13.6. The molecular formula is C25H31N5O4. The van der Waals surface area contributed by atoms with Crippen LogP contribution in [0.4, 0.5) is 0 Å². The maximum atomic E-state index is 13.6. The number of carbonyl (C=O) groups excluding carboxylic acids is 3. The van der Waals surface area contributed by atoms with E-state index in [2.05, 4.69) is 15.4 Å². The zero-order valence-electron chi connectivity index (χ0n) is 19.5. The van der Waals surface area contributed by atoms with Gasteiger partial charge in [0.25, 0.3) is 0 Å². The van der Waals surface area contributed by atoms with Gasteiger partial charge in [-0.25, -0.2) is 0 Å². The molecule has 2 aromatic rings. The molecular weight excluding hydrogens is 434 g/mol. The quantitative estimate of drug-likeness (QED) is 0.629. The van der Waals surface area contributed by atoms with Crippen LogP contribution >= 0.6 is 0 Å². The van der Waals surface area contributed by atoms with Gasteiger partial charge in [0.15, 0.2) is 5.78 Å². The summed E-state index contributed by atoms with van der Waals surface area (Å²) in [6.07, 6.45) is 11.4. The summed E-state index contributed by atoms with van der Waals surface area (Å²) in [5, 5.41) is 18.3. The first kappa shape index (κ1) is 21.7. The minimum atomic E-state index is -0.581. The molecule has 9 nitrogen and oxygen atoms in total. The number of piperidine rings is 1. The first-order valence-electron chi connectivity index (χ1n) is 12.4. The molecule has 4 atom stereocenters. The number of nitrogens with one attached hydrogen (secondary N) is 1. The predicted octanol–water partition coefficient (Wildman–Crippen LogP) is 1.82. The van der Waals surface area contributed by atoms with Gasteiger partial charge < -0.3 is 15.3 Å². The molecule has 180 valence electrons. The SMILES string of the molecule is CC(=O)c1nn(CC(=O)N2[C@H](C(=O)N[C@@H]3CCCC4(CC4)C3)C[C@@]3(CO)C[C@@H]23)c2cnccc12. The molecule has 2 N–H and O–H groups in total. The highest BCUT2D eigenvalue weighted by atomic mass is 16.3. The van der Waals surface area contributed by atoms with Gasteiger partial charge in [-0.15, -0.1) is 0 Å². The summed E-state index contributed by atoms with van der Waals surface area (Å²) in [6, 6.07) is 1.18. The van der Waals surface area contributed by atoms with Crippen molar-refractivity contribution in [1.82, 2.24) is 25.0 Å². The average Bonchev–Trinajstić information content (AvgIpc) is 3.67. The van der Waals surface area contributed by atoms with Crippen LogP contribution < -0.4 is 5.32 Å². The fraction of sp³-hybridized carbons (Fsp3) is 0.640. The lowest BCUT2D eigenvalue weighted by atomic mass is 9.83. The standard InChI is InChI=1S/C25H31N5O4/c1-15(32)22-17-4-8-26-12-19(17)29(28-22)13-21(33)30-18(10-25(14-31)11-20(25)30)23(34)27-16-3-2-5-24(9-16)6-7-24/h4,8,12,16,18,20,31H,2-3,5-7,9-11,13-14H2,1H3,(H,27,34)/t16-,18+,20-,25+/m1/s1. The molecule has 0 unspecified atom stereocenters. The molecule has 4 aliphatic rings. The Morgan fingerprint density at radius 2 is 2.03 bits per heavy atom. The van der Waals surface area contributed by atoms with Gasteiger partial charge in [-0.3, -0.25) is 24.0 Å². The second-order valence-electron chi connectivity index (χ2n) is 11.0. The predicted molar refractivity (Wildman–Crippen MR) is 123 cm³/mol. The third-order valence-corrected chi connectivity index (χ3v) is 8.74. The second-order valence-corrected chi connectivity index (χ2v) is 11.0. The van der Waals surface area contributed by atoms with Crippen molar-refractivity contribution in [2.24, 2.45) is 10.8 Å². The summed E-state index contributed by atoms with van der Waals surface area (Å²) in [5.74, 6) is -0.501. The minimum absolute atomic E-state index is 0.0269. The number of ketones is 1. The second kappa shape index (κ2) is 7.60. The number of fused-ring (bicyclic) bond motifs is 2. The molecule has 3 aliphatic carbocycles. The van der Waals surface area contributed by atoms with Gasteiger partial charge in [-0.1, -0.05) is 6.42 Å². The number of aliphatic hydroxyl groups is 1. The van der Waals surface area contributed by atoms with Gasteiger partial charge in [-0.2, -0.15) is 5.10 Å². The number of carbonyl (C=O) groups is 3. The first-order chi connectivity index (χ1) is 16.3. The largest absolute Gasteiger partial charge is 0.396 e. The highest BCUT2D eigenvalue weighted by Crippen LogP contribution is 2.59. The summed E-state index contributed by atoms with van der Waals surface area (Å²) < 4.78 is 1.51. The number of likely N-dealkylation sites (tertiary alicyclic amines) is 1. The van der Waals surface area contributed by atoms with Crippen LogP contribution in [-0.2, 0) is 16.1 Å². The van der Waals surface area contributed by atoms with Crippen molar-refractivity contribution in [3.63, 3.8) is 0 Å². The van der Waals surface area contributed by atoms with E-state index < -0.39 is 6.04 Å². The van der Waals surface area contributed by atoms with Crippen LogP contribution in [0, 0.1) is 10.8 Å². The van der Waals surface area contributed by atoms with Gasteiger partial charge in [0.05, 0.1) is 18.3 Å². The summed E-state index contributed by atoms with van der Waals surface area (Å²) in [6.45, 7) is 1.34. The number of hydrogen-bond donors (Lipinski definition) is 2. The van der Waals surface area contributed by atoms with Crippen molar-refractivity contribution in [1.29, 1.82) is 0 Å². The number of nitrogens with zero attached hydrogens (tertiary/aromatic N) is 4. The van der Waals surface area contributed by atoms with Gasteiger partial charge in [0.1, 0.15) is 18.3 Å². The summed E-state index contributed by atoms with van der Waals surface area (Å²) in [5.41, 5.74) is 0.991. The Hall–Kier alpha value is -2.81. The van der Waals surface area contributed by atoms with E-state index in [1.807, 2.05) is 0 Å². The smallest absolute Gasteiger partial charge is 0.245 e. The molecule has 0 aromatic carbocycles. The zero-order chi connectivity index (χ0) is 23.7. The fourth-order valence-electron chi connectivity index (χ4n) is 6.55. The van der Waals surface area contributed by atoms with Crippen LogP contribution in [0.25, 0.3) is 10.9 Å². The van der Waals surface area contributed by atoms with E-state index in [0.717, 1.165) is 19.3 Å². The van der Waals surface area contributed by atoms with Crippen LogP contribution in [0.1, 0.15) is 68.8 Å². The van der Waals surface area contributed by atoms with Crippen molar-refractivity contribution < 1.29 is 19.5 Å². The lowest BCUT2D eigenvalue weighted by molar-refractivity contribution is -0.140. The molecule has 4 fully saturated rings.